The van der Waals surface area contributed by atoms with E-state index in [9.17, 15) is 0 Å². The number of hydrogen-bond acceptors (Lipinski definition) is 6. The number of hydrogen-bond donors (Lipinski definition) is 6. The summed E-state index contributed by atoms with van der Waals surface area (Å²) in [6, 6.07) is 0. The molecule has 0 aromatic heterocycles. The van der Waals surface area contributed by atoms with Gasteiger partial charge in [0.1, 0.15) is 0 Å². The van der Waals surface area contributed by atoms with Crippen molar-refractivity contribution in [1.82, 2.24) is 0 Å². The van der Waals surface area contributed by atoms with E-state index in [4.69, 9.17) is 39.0 Å². The first-order valence-corrected chi connectivity index (χ1v) is 3.79. The van der Waals surface area contributed by atoms with E-state index in [2.05, 4.69) is 0 Å². The second kappa shape index (κ2) is 7.53. The summed E-state index contributed by atoms with van der Waals surface area (Å²) in [5.74, 6) is -3.65. The van der Waals surface area contributed by atoms with E-state index in [1.807, 2.05) is 0 Å². The van der Waals surface area contributed by atoms with Gasteiger partial charge in [0, 0.05) is 26.2 Å². The van der Waals surface area contributed by atoms with Gasteiger partial charge in [-0.25, -0.2) is 9.59 Å². The molecule has 0 fully saturated rings. The van der Waals surface area contributed by atoms with Crippen molar-refractivity contribution in [3.63, 3.8) is 0 Å². The fourth-order valence-corrected chi connectivity index (χ4v) is 0. The van der Waals surface area contributed by atoms with Gasteiger partial charge in [-0.15, -0.1) is 0 Å². The van der Waals surface area contributed by atoms with Crippen LogP contribution >= 0.6 is 0 Å². The van der Waals surface area contributed by atoms with Crippen LogP contribution in [0, 0.1) is 0 Å². The molecule has 0 amide bonds. The molecule has 70 valence electrons. The molecule has 10 heteroatoms. The Kier molecular flexibility index (Phi) is 11.2. The smallest absolute Gasteiger partial charge is 0.473 e. The Morgan fingerprint density at radius 1 is 0.833 bits per heavy atom. The molecule has 0 aliphatic carbocycles. The Balaban J connectivity index is -0.000000126. The molecule has 0 heterocycles. The molecule has 0 aliphatic heterocycles. The van der Waals surface area contributed by atoms with E-state index in [-0.39, 0.29) is 26.2 Å². The minimum absolute atomic E-state index is 0. The maximum Gasteiger partial charge on any atom is 0.668 e. The van der Waals surface area contributed by atoms with Crippen LogP contribution in [-0.4, -0.2) is 50.4 Å². The average molecular weight is 277 g/mol. The van der Waals surface area contributed by atoms with Crippen molar-refractivity contribution in [2.45, 2.75) is 0 Å². The van der Waals surface area contributed by atoms with Crippen LogP contribution in [0.25, 0.3) is 0 Å². The first-order valence-electron chi connectivity index (χ1n) is 2.00. The number of carboxylic acids is 2. The first kappa shape index (κ1) is 17.8. The Morgan fingerprint density at radius 3 is 0.917 bits per heavy atom. The summed E-state index contributed by atoms with van der Waals surface area (Å²) in [6.45, 7) is 0. The van der Waals surface area contributed by atoms with E-state index in [0.717, 1.165) is 0 Å². The van der Waals surface area contributed by atoms with Crippen molar-refractivity contribution in [3.8, 4) is 0 Å². The van der Waals surface area contributed by atoms with Gasteiger partial charge in [0.25, 0.3) is 0 Å². The summed E-state index contributed by atoms with van der Waals surface area (Å²) in [5, 5.41) is 14.8. The van der Waals surface area contributed by atoms with E-state index in [1.165, 1.54) is 0 Å². The van der Waals surface area contributed by atoms with E-state index < -0.39 is 21.0 Å². The fourth-order valence-electron chi connectivity index (χ4n) is 0. The van der Waals surface area contributed by atoms with E-state index in [0.29, 0.717) is 0 Å². The van der Waals surface area contributed by atoms with Crippen molar-refractivity contribution in [3.05, 3.63) is 0 Å². The maximum absolute atomic E-state index is 9.10. The number of rotatable bonds is 0. The second-order valence-electron chi connectivity index (χ2n) is 1.21. The Bertz CT molecular complexity index is 132. The first-order chi connectivity index (χ1) is 4.64. The standard InChI is InChI=1S/C2H2O4.H4O4Si.Zr/c3-1(4)2(5)6;1-5(2,3)4;/h(H,3,4)(H,5,6);1-4H;. The summed E-state index contributed by atoms with van der Waals surface area (Å²) in [6.07, 6.45) is 0. The quantitative estimate of drug-likeness (QED) is 0.197. The molecular formula is C2H6O8SiZr. The SMILES string of the molecule is O=C(O)C(=O)O.O[Si](O)(O)O.[Zr]. The summed E-state index contributed by atoms with van der Waals surface area (Å²) in [4.78, 5) is 47.5. The molecule has 0 saturated heterocycles. The van der Waals surface area contributed by atoms with Crippen LogP contribution in [-0.2, 0) is 35.8 Å². The van der Waals surface area contributed by atoms with Gasteiger partial charge in [0.05, 0.1) is 0 Å². The van der Waals surface area contributed by atoms with Gasteiger partial charge >= 0.3 is 21.0 Å². The van der Waals surface area contributed by atoms with Crippen molar-refractivity contribution >= 4 is 21.0 Å². The molecule has 0 bridgehead atoms. The van der Waals surface area contributed by atoms with Gasteiger partial charge in [-0.1, -0.05) is 0 Å². The van der Waals surface area contributed by atoms with E-state index >= 15 is 0 Å². The Hall–Kier alpha value is -0.120. The van der Waals surface area contributed by atoms with Gasteiger partial charge < -0.3 is 29.4 Å². The number of carboxylic acid groups (broad SMARTS) is 2. The van der Waals surface area contributed by atoms with Gasteiger partial charge in [-0.3, -0.25) is 0 Å². The zero-order chi connectivity index (χ0) is 9.65. The summed E-state index contributed by atoms with van der Waals surface area (Å²) < 4.78 is 0. The molecule has 0 unspecified atom stereocenters. The molecule has 0 aliphatic rings. The predicted octanol–water partition coefficient (Wildman–Crippen LogP) is -3.46. The fraction of sp³-hybridized carbons (Fsp3) is 0. The minimum atomic E-state index is -4.61. The van der Waals surface area contributed by atoms with Crippen LogP contribution in [0.2, 0.25) is 0 Å². The molecule has 0 aromatic carbocycles. The van der Waals surface area contributed by atoms with Gasteiger partial charge in [0.15, 0.2) is 0 Å². The molecule has 0 aromatic rings. The monoisotopic (exact) mass is 276 g/mol. The second-order valence-corrected chi connectivity index (χ2v) is 2.41. The summed E-state index contributed by atoms with van der Waals surface area (Å²) in [5.41, 5.74) is 0. The van der Waals surface area contributed by atoms with Crippen LogP contribution in [0.5, 0.6) is 0 Å². The van der Waals surface area contributed by atoms with Gasteiger partial charge in [-0.2, -0.15) is 0 Å². The molecule has 0 atom stereocenters. The molecule has 6 N–H and O–H groups in total. The zero-order valence-electron chi connectivity index (χ0n) is 5.50. The zero-order valence-corrected chi connectivity index (χ0v) is 8.96. The van der Waals surface area contributed by atoms with Crippen molar-refractivity contribution in [2.24, 2.45) is 0 Å². The molecular weight excluding hydrogens is 271 g/mol. The maximum atomic E-state index is 9.10. The van der Waals surface area contributed by atoms with Crippen molar-refractivity contribution in [2.75, 3.05) is 0 Å². The Morgan fingerprint density at radius 2 is 0.917 bits per heavy atom. The minimum Gasteiger partial charge on any atom is -0.473 e. The summed E-state index contributed by atoms with van der Waals surface area (Å²) in [7, 11) is -4.61. The molecule has 0 saturated carbocycles. The molecule has 0 spiro atoms. The molecule has 0 radical (unpaired) electrons. The van der Waals surface area contributed by atoms with E-state index in [1.54, 1.807) is 0 Å². The van der Waals surface area contributed by atoms with Crippen molar-refractivity contribution < 1.29 is 65.2 Å². The normalized spacial score (nSPS) is 8.67. The third-order valence-corrected chi connectivity index (χ3v) is 0.183. The number of carbonyl (C=O) groups is 2. The molecule has 12 heavy (non-hydrogen) atoms. The molecule has 0 rings (SSSR count). The van der Waals surface area contributed by atoms with Gasteiger partial charge in [0.2, 0.25) is 0 Å². The number of aliphatic carboxylic acids is 2. The van der Waals surface area contributed by atoms with Crippen LogP contribution in [0.3, 0.4) is 0 Å². The van der Waals surface area contributed by atoms with Gasteiger partial charge in [-0.05, 0) is 0 Å². The van der Waals surface area contributed by atoms with Crippen molar-refractivity contribution in [1.29, 1.82) is 0 Å². The topological polar surface area (TPSA) is 156 Å². The van der Waals surface area contributed by atoms with Crippen LogP contribution in [0.4, 0.5) is 0 Å². The third-order valence-electron chi connectivity index (χ3n) is 0.183. The largest absolute Gasteiger partial charge is 0.668 e. The van der Waals surface area contributed by atoms with Crippen LogP contribution in [0.1, 0.15) is 0 Å². The summed E-state index contributed by atoms with van der Waals surface area (Å²) >= 11 is 0. The predicted molar refractivity (Wildman–Crippen MR) is 29.9 cm³/mol. The van der Waals surface area contributed by atoms with Crippen LogP contribution in [0.15, 0.2) is 0 Å². The Labute approximate surface area is 86.3 Å². The third kappa shape index (κ3) is 51.8. The average Bonchev–Trinajstić information content (AvgIpc) is 1.59. The van der Waals surface area contributed by atoms with Crippen LogP contribution < -0.4 is 0 Å². The molecule has 8 nitrogen and oxygen atoms in total.